The van der Waals surface area contributed by atoms with Gasteiger partial charge < -0.3 is 9.64 Å². The first-order valence-electron chi connectivity index (χ1n) is 8.23. The van der Waals surface area contributed by atoms with Crippen molar-refractivity contribution in [1.29, 1.82) is 0 Å². The lowest BCUT2D eigenvalue weighted by molar-refractivity contribution is -0.129. The molecule has 0 aliphatic heterocycles. The molecule has 27 heavy (non-hydrogen) atoms. The van der Waals surface area contributed by atoms with Crippen molar-refractivity contribution in [2.45, 2.75) is 13.0 Å². The molecule has 0 N–H and O–H groups in total. The van der Waals surface area contributed by atoms with Crippen LogP contribution in [0.25, 0.3) is 10.6 Å². The first-order chi connectivity index (χ1) is 13.0. The zero-order valence-corrected chi connectivity index (χ0v) is 17.2. The Morgan fingerprint density at radius 3 is 2.74 bits per heavy atom. The summed E-state index contributed by atoms with van der Waals surface area (Å²) in [4.78, 5) is 18.8. The number of hydrogen-bond acceptors (Lipinski definition) is 4. The number of rotatable bonds is 6. The molecule has 0 spiro atoms. The van der Waals surface area contributed by atoms with Gasteiger partial charge in [0.05, 0.1) is 24.2 Å². The molecule has 3 rings (SSSR count). The summed E-state index contributed by atoms with van der Waals surface area (Å²) in [5.41, 5.74) is 2.46. The highest BCUT2D eigenvalue weighted by molar-refractivity contribution is 7.13. The van der Waals surface area contributed by atoms with Crippen molar-refractivity contribution in [3.05, 3.63) is 69.1 Å². The van der Waals surface area contributed by atoms with Gasteiger partial charge in [-0.05, 0) is 24.3 Å². The molecule has 1 amide bonds. The number of methoxy groups -OCH3 is 1. The van der Waals surface area contributed by atoms with Crippen LogP contribution in [0.15, 0.2) is 47.8 Å². The smallest absolute Gasteiger partial charge is 0.228 e. The van der Waals surface area contributed by atoms with Crippen LogP contribution in [0.3, 0.4) is 0 Å². The van der Waals surface area contributed by atoms with E-state index in [2.05, 4.69) is 4.98 Å². The van der Waals surface area contributed by atoms with E-state index in [0.29, 0.717) is 22.3 Å². The highest BCUT2D eigenvalue weighted by Crippen LogP contribution is 2.30. The van der Waals surface area contributed by atoms with Crippen LogP contribution < -0.4 is 4.74 Å². The number of carbonyl (C=O) groups is 1. The Bertz CT molecular complexity index is 959. The van der Waals surface area contributed by atoms with Gasteiger partial charge in [0.25, 0.3) is 0 Å². The summed E-state index contributed by atoms with van der Waals surface area (Å²) >= 11 is 13.8. The maximum Gasteiger partial charge on any atom is 0.228 e. The number of aromatic nitrogens is 1. The van der Waals surface area contributed by atoms with Crippen LogP contribution in [0, 0.1) is 0 Å². The molecular formula is C20H18Cl2N2O2S. The zero-order valence-electron chi connectivity index (χ0n) is 14.9. The van der Waals surface area contributed by atoms with E-state index in [-0.39, 0.29) is 12.3 Å². The third-order valence-electron chi connectivity index (χ3n) is 4.06. The Kier molecular flexibility index (Phi) is 6.37. The number of carbonyl (C=O) groups excluding carboxylic acids is 1. The van der Waals surface area contributed by atoms with Gasteiger partial charge in [0.2, 0.25) is 5.91 Å². The standard InChI is InChI=1S/C20H18Cl2N2O2S/c1-24(11-13-9-14(21)7-8-18(13)26-2)19(25)10-15-12-27-20(23-15)16-5-3-4-6-17(16)22/h3-9,12H,10-11H2,1-2H3. The van der Waals surface area contributed by atoms with Gasteiger partial charge in [0.1, 0.15) is 10.8 Å². The lowest BCUT2D eigenvalue weighted by Crippen LogP contribution is -2.28. The quantitative estimate of drug-likeness (QED) is 0.541. The molecule has 1 heterocycles. The molecule has 2 aromatic carbocycles. The third kappa shape index (κ3) is 4.80. The van der Waals surface area contributed by atoms with Crippen molar-refractivity contribution < 1.29 is 9.53 Å². The molecule has 7 heteroatoms. The minimum atomic E-state index is -0.0342. The maximum absolute atomic E-state index is 12.6. The monoisotopic (exact) mass is 420 g/mol. The highest BCUT2D eigenvalue weighted by atomic mass is 35.5. The minimum absolute atomic E-state index is 0.0342. The second kappa shape index (κ2) is 8.74. The van der Waals surface area contributed by atoms with Gasteiger partial charge in [-0.1, -0.05) is 41.4 Å². The van der Waals surface area contributed by atoms with E-state index in [1.807, 2.05) is 35.7 Å². The highest BCUT2D eigenvalue weighted by Gasteiger charge is 2.16. The SMILES string of the molecule is COc1ccc(Cl)cc1CN(C)C(=O)Cc1csc(-c2ccccc2Cl)n1. The predicted molar refractivity (Wildman–Crippen MR) is 111 cm³/mol. The number of halogens is 2. The number of hydrogen-bond donors (Lipinski definition) is 0. The Hall–Kier alpha value is -2.08. The van der Waals surface area contributed by atoms with E-state index in [1.165, 1.54) is 11.3 Å². The van der Waals surface area contributed by atoms with Crippen LogP contribution in [-0.4, -0.2) is 29.9 Å². The molecule has 0 radical (unpaired) electrons. The molecule has 0 atom stereocenters. The van der Waals surface area contributed by atoms with Crippen LogP contribution in [0.1, 0.15) is 11.3 Å². The summed E-state index contributed by atoms with van der Waals surface area (Å²) < 4.78 is 5.34. The molecule has 4 nitrogen and oxygen atoms in total. The lowest BCUT2D eigenvalue weighted by Gasteiger charge is -2.18. The van der Waals surface area contributed by atoms with Gasteiger partial charge in [-0.3, -0.25) is 4.79 Å². The van der Waals surface area contributed by atoms with E-state index in [4.69, 9.17) is 27.9 Å². The van der Waals surface area contributed by atoms with Crippen molar-refractivity contribution in [2.75, 3.05) is 14.2 Å². The number of thiazole rings is 1. The molecule has 0 aliphatic rings. The molecular weight excluding hydrogens is 403 g/mol. The van der Waals surface area contributed by atoms with Crippen molar-refractivity contribution >= 4 is 40.4 Å². The minimum Gasteiger partial charge on any atom is -0.496 e. The van der Waals surface area contributed by atoms with Gasteiger partial charge >= 0.3 is 0 Å². The van der Waals surface area contributed by atoms with E-state index < -0.39 is 0 Å². The molecule has 140 valence electrons. The number of benzene rings is 2. The maximum atomic E-state index is 12.6. The summed E-state index contributed by atoms with van der Waals surface area (Å²) in [6.45, 7) is 0.407. The summed E-state index contributed by atoms with van der Waals surface area (Å²) in [6.07, 6.45) is 0.223. The van der Waals surface area contributed by atoms with Crippen molar-refractivity contribution in [3.63, 3.8) is 0 Å². The number of likely N-dealkylation sites (N-methyl/N-ethyl adjacent to an activating group) is 1. The van der Waals surface area contributed by atoms with Crippen LogP contribution in [0.4, 0.5) is 0 Å². The molecule has 0 bridgehead atoms. The Labute approximate surface area is 172 Å². The average Bonchev–Trinajstić information content (AvgIpc) is 3.10. The number of nitrogens with zero attached hydrogens (tertiary/aromatic N) is 2. The van der Waals surface area contributed by atoms with Crippen molar-refractivity contribution in [3.8, 4) is 16.3 Å². The van der Waals surface area contributed by atoms with Crippen molar-refractivity contribution in [1.82, 2.24) is 9.88 Å². The fourth-order valence-electron chi connectivity index (χ4n) is 2.65. The summed E-state index contributed by atoms with van der Waals surface area (Å²) in [5, 5.41) is 3.96. The van der Waals surface area contributed by atoms with Gasteiger partial charge in [-0.15, -0.1) is 11.3 Å². The van der Waals surface area contributed by atoms with E-state index in [0.717, 1.165) is 21.8 Å². The lowest BCUT2D eigenvalue weighted by atomic mass is 10.2. The summed E-state index contributed by atoms with van der Waals surface area (Å²) in [6, 6.07) is 12.9. The topological polar surface area (TPSA) is 42.4 Å². The number of ether oxygens (including phenoxy) is 1. The van der Waals surface area contributed by atoms with E-state index >= 15 is 0 Å². The Balaban J connectivity index is 1.69. The molecule has 0 saturated heterocycles. The molecule has 0 fully saturated rings. The second-order valence-electron chi connectivity index (χ2n) is 6.01. The summed E-state index contributed by atoms with van der Waals surface area (Å²) in [5.74, 6) is 0.668. The average molecular weight is 421 g/mol. The largest absolute Gasteiger partial charge is 0.496 e. The van der Waals surface area contributed by atoms with Crippen LogP contribution in [0.2, 0.25) is 10.0 Å². The summed E-state index contributed by atoms with van der Waals surface area (Å²) in [7, 11) is 3.35. The molecule has 0 saturated carbocycles. The zero-order chi connectivity index (χ0) is 19.4. The molecule has 0 aliphatic carbocycles. The Morgan fingerprint density at radius 2 is 2.00 bits per heavy atom. The Morgan fingerprint density at radius 1 is 1.22 bits per heavy atom. The van der Waals surface area contributed by atoms with Gasteiger partial charge in [0.15, 0.2) is 0 Å². The van der Waals surface area contributed by atoms with Gasteiger partial charge in [-0.25, -0.2) is 4.98 Å². The van der Waals surface area contributed by atoms with Crippen LogP contribution >= 0.6 is 34.5 Å². The first-order valence-corrected chi connectivity index (χ1v) is 9.87. The predicted octanol–water partition coefficient (Wildman–Crippen LogP) is 5.33. The van der Waals surface area contributed by atoms with Crippen LogP contribution in [-0.2, 0) is 17.8 Å². The number of amides is 1. The second-order valence-corrected chi connectivity index (χ2v) is 7.71. The van der Waals surface area contributed by atoms with E-state index in [9.17, 15) is 4.79 Å². The molecule has 1 aromatic heterocycles. The van der Waals surface area contributed by atoms with Crippen LogP contribution in [0.5, 0.6) is 5.75 Å². The molecule has 0 unspecified atom stereocenters. The fourth-order valence-corrected chi connectivity index (χ4v) is 3.99. The third-order valence-corrected chi connectivity index (χ3v) is 5.55. The van der Waals surface area contributed by atoms with Crippen molar-refractivity contribution in [2.24, 2.45) is 0 Å². The molecule has 3 aromatic rings. The van der Waals surface area contributed by atoms with Gasteiger partial charge in [-0.2, -0.15) is 0 Å². The van der Waals surface area contributed by atoms with Gasteiger partial charge in [0, 0.05) is 35.1 Å². The first kappa shape index (κ1) is 19.7. The normalized spacial score (nSPS) is 10.7. The fraction of sp³-hybridized carbons (Fsp3) is 0.200. The van der Waals surface area contributed by atoms with E-state index in [1.54, 1.807) is 31.2 Å².